The van der Waals surface area contributed by atoms with Crippen LogP contribution in [-0.4, -0.2) is 23.4 Å². The molecule has 0 bridgehead atoms. The van der Waals surface area contributed by atoms with Gasteiger partial charge in [0.15, 0.2) is 0 Å². The van der Waals surface area contributed by atoms with Gasteiger partial charge in [-0.15, -0.1) is 0 Å². The van der Waals surface area contributed by atoms with Gasteiger partial charge >= 0.3 is 0 Å². The smallest absolute Gasteiger partial charge is 0.242 e. The van der Waals surface area contributed by atoms with Crippen LogP contribution in [0, 0.1) is 11.8 Å². The number of carbonyl (C=O) groups is 2. The van der Waals surface area contributed by atoms with Crippen LogP contribution in [0.25, 0.3) is 0 Å². The molecule has 1 rings (SSSR count). The van der Waals surface area contributed by atoms with Crippen molar-refractivity contribution in [3.05, 3.63) is 0 Å². The van der Waals surface area contributed by atoms with Crippen LogP contribution in [0.1, 0.15) is 40.0 Å². The van der Waals surface area contributed by atoms with Crippen LogP contribution < -0.4 is 16.8 Å². The summed E-state index contributed by atoms with van der Waals surface area (Å²) >= 11 is 0. The van der Waals surface area contributed by atoms with Gasteiger partial charge in [-0.1, -0.05) is 6.92 Å². The SMILES string of the molecule is CC1CC(N)CCC1C(=O)NC(C)(C)C(N)=O. The lowest BCUT2D eigenvalue weighted by atomic mass is 9.77. The van der Waals surface area contributed by atoms with Crippen molar-refractivity contribution in [1.29, 1.82) is 0 Å². The van der Waals surface area contributed by atoms with Gasteiger partial charge in [0, 0.05) is 12.0 Å². The minimum absolute atomic E-state index is 0.0616. The quantitative estimate of drug-likeness (QED) is 0.655. The maximum Gasteiger partial charge on any atom is 0.242 e. The minimum atomic E-state index is -0.990. The Balaban J connectivity index is 2.62. The second kappa shape index (κ2) is 5.04. The van der Waals surface area contributed by atoms with Crippen molar-refractivity contribution >= 4 is 11.8 Å². The highest BCUT2D eigenvalue weighted by Gasteiger charge is 2.35. The Hall–Kier alpha value is -1.10. The lowest BCUT2D eigenvalue weighted by Crippen LogP contribution is -2.55. The summed E-state index contributed by atoms with van der Waals surface area (Å²) in [5.41, 5.74) is 10.1. The van der Waals surface area contributed by atoms with Crippen LogP contribution in [0.15, 0.2) is 0 Å². The zero-order valence-corrected chi connectivity index (χ0v) is 10.8. The van der Waals surface area contributed by atoms with Gasteiger partial charge in [0.2, 0.25) is 11.8 Å². The number of carbonyl (C=O) groups excluding carboxylic acids is 2. The molecule has 0 spiro atoms. The Morgan fingerprint density at radius 3 is 2.35 bits per heavy atom. The standard InChI is InChI=1S/C12H23N3O2/c1-7-6-8(13)4-5-9(7)10(16)15-12(2,3)11(14)17/h7-9H,4-6,13H2,1-3H3,(H2,14,17)(H,15,16). The van der Waals surface area contributed by atoms with Crippen molar-refractivity contribution in [2.45, 2.75) is 51.6 Å². The molecule has 5 N–H and O–H groups in total. The first-order valence-corrected chi connectivity index (χ1v) is 6.11. The van der Waals surface area contributed by atoms with Gasteiger partial charge < -0.3 is 16.8 Å². The van der Waals surface area contributed by atoms with Gasteiger partial charge in [-0.2, -0.15) is 0 Å². The molecule has 98 valence electrons. The molecule has 0 radical (unpaired) electrons. The lowest BCUT2D eigenvalue weighted by molar-refractivity contribution is -0.134. The van der Waals surface area contributed by atoms with E-state index < -0.39 is 11.4 Å². The van der Waals surface area contributed by atoms with Crippen molar-refractivity contribution in [2.24, 2.45) is 23.3 Å². The van der Waals surface area contributed by atoms with Gasteiger partial charge in [0.1, 0.15) is 5.54 Å². The van der Waals surface area contributed by atoms with Crippen molar-refractivity contribution < 1.29 is 9.59 Å². The van der Waals surface area contributed by atoms with E-state index in [2.05, 4.69) is 5.32 Å². The van der Waals surface area contributed by atoms with Crippen LogP contribution in [0.4, 0.5) is 0 Å². The van der Waals surface area contributed by atoms with E-state index in [1.807, 2.05) is 6.92 Å². The zero-order valence-electron chi connectivity index (χ0n) is 10.8. The summed E-state index contributed by atoms with van der Waals surface area (Å²) in [6.45, 7) is 5.26. The van der Waals surface area contributed by atoms with E-state index in [1.54, 1.807) is 13.8 Å². The van der Waals surface area contributed by atoms with Crippen LogP contribution >= 0.6 is 0 Å². The molecule has 0 saturated heterocycles. The van der Waals surface area contributed by atoms with E-state index in [0.717, 1.165) is 19.3 Å². The van der Waals surface area contributed by atoms with Crippen LogP contribution in [0.2, 0.25) is 0 Å². The molecule has 0 heterocycles. The summed E-state index contributed by atoms with van der Waals surface area (Å²) in [7, 11) is 0. The highest BCUT2D eigenvalue weighted by Crippen LogP contribution is 2.29. The van der Waals surface area contributed by atoms with Crippen LogP contribution in [-0.2, 0) is 9.59 Å². The first-order chi connectivity index (χ1) is 7.74. The largest absolute Gasteiger partial charge is 0.368 e. The Kier molecular flexibility index (Phi) is 4.14. The van der Waals surface area contributed by atoms with E-state index >= 15 is 0 Å². The molecule has 0 aromatic rings. The molecule has 0 aliphatic heterocycles. The average molecular weight is 241 g/mol. The zero-order chi connectivity index (χ0) is 13.2. The monoisotopic (exact) mass is 241 g/mol. The van der Waals surface area contributed by atoms with Crippen molar-refractivity contribution in [3.63, 3.8) is 0 Å². The molecule has 3 unspecified atom stereocenters. The molecule has 1 saturated carbocycles. The average Bonchev–Trinajstić information content (AvgIpc) is 2.15. The maximum absolute atomic E-state index is 12.1. The van der Waals surface area contributed by atoms with Gasteiger partial charge in [-0.3, -0.25) is 9.59 Å². The summed E-state index contributed by atoms with van der Waals surface area (Å²) in [5.74, 6) is -0.421. The van der Waals surface area contributed by atoms with Gasteiger partial charge in [0.05, 0.1) is 0 Å². The van der Waals surface area contributed by atoms with E-state index in [4.69, 9.17) is 11.5 Å². The molecule has 0 aromatic carbocycles. The second-order valence-electron chi connectivity index (χ2n) is 5.64. The molecule has 2 amide bonds. The molecule has 17 heavy (non-hydrogen) atoms. The Labute approximate surface area is 102 Å². The van der Waals surface area contributed by atoms with Crippen molar-refractivity contribution in [3.8, 4) is 0 Å². The molecule has 1 fully saturated rings. The lowest BCUT2D eigenvalue weighted by Gasteiger charge is -2.33. The normalized spacial score (nSPS) is 29.8. The summed E-state index contributed by atoms with van der Waals surface area (Å²) < 4.78 is 0. The predicted octanol–water partition coefficient (Wildman–Crippen LogP) is 0.130. The number of amides is 2. The van der Waals surface area contributed by atoms with Crippen molar-refractivity contribution in [1.82, 2.24) is 5.32 Å². The molecular weight excluding hydrogens is 218 g/mol. The minimum Gasteiger partial charge on any atom is -0.368 e. The third-order valence-corrected chi connectivity index (χ3v) is 3.60. The van der Waals surface area contributed by atoms with E-state index in [1.165, 1.54) is 0 Å². The molecule has 5 heteroatoms. The Morgan fingerprint density at radius 2 is 1.88 bits per heavy atom. The summed E-state index contributed by atoms with van der Waals surface area (Å²) in [5, 5.41) is 2.72. The number of primary amides is 1. The fourth-order valence-electron chi connectivity index (χ4n) is 2.29. The number of hydrogen-bond donors (Lipinski definition) is 3. The van der Waals surface area contributed by atoms with Crippen LogP contribution in [0.5, 0.6) is 0 Å². The van der Waals surface area contributed by atoms with E-state index in [-0.39, 0.29) is 23.8 Å². The summed E-state index contributed by atoms with van der Waals surface area (Å²) in [6.07, 6.45) is 2.50. The highest BCUT2D eigenvalue weighted by molar-refractivity contribution is 5.90. The first kappa shape index (κ1) is 14.0. The third-order valence-electron chi connectivity index (χ3n) is 3.60. The number of rotatable bonds is 3. The van der Waals surface area contributed by atoms with Crippen molar-refractivity contribution in [2.75, 3.05) is 0 Å². The maximum atomic E-state index is 12.1. The highest BCUT2D eigenvalue weighted by atomic mass is 16.2. The molecular formula is C12H23N3O2. The van der Waals surface area contributed by atoms with Gasteiger partial charge in [-0.05, 0) is 39.0 Å². The fraction of sp³-hybridized carbons (Fsp3) is 0.833. The number of hydrogen-bond acceptors (Lipinski definition) is 3. The predicted molar refractivity (Wildman–Crippen MR) is 65.9 cm³/mol. The Bertz CT molecular complexity index is 315. The number of nitrogens with one attached hydrogen (secondary N) is 1. The summed E-state index contributed by atoms with van der Waals surface area (Å²) in [4.78, 5) is 23.2. The van der Waals surface area contributed by atoms with E-state index in [9.17, 15) is 9.59 Å². The molecule has 0 aromatic heterocycles. The van der Waals surface area contributed by atoms with Gasteiger partial charge in [-0.25, -0.2) is 0 Å². The van der Waals surface area contributed by atoms with Crippen LogP contribution in [0.3, 0.4) is 0 Å². The fourth-order valence-corrected chi connectivity index (χ4v) is 2.29. The molecule has 1 aliphatic carbocycles. The van der Waals surface area contributed by atoms with Gasteiger partial charge in [0.25, 0.3) is 0 Å². The topological polar surface area (TPSA) is 98.2 Å². The summed E-state index contributed by atoms with van der Waals surface area (Å²) in [6, 6.07) is 0.193. The number of nitrogens with two attached hydrogens (primary N) is 2. The third kappa shape index (κ3) is 3.43. The second-order valence-corrected chi connectivity index (χ2v) is 5.64. The molecule has 1 aliphatic rings. The molecule has 5 nitrogen and oxygen atoms in total. The first-order valence-electron chi connectivity index (χ1n) is 6.11. The van der Waals surface area contributed by atoms with E-state index in [0.29, 0.717) is 0 Å². The molecule has 3 atom stereocenters. The Morgan fingerprint density at radius 1 is 1.29 bits per heavy atom.